The number of nitrogens with one attached hydrogen (secondary N) is 1. The summed E-state index contributed by atoms with van der Waals surface area (Å²) in [5, 5.41) is 4.17. The Morgan fingerprint density at radius 1 is 1.00 bits per heavy atom. The number of aromatic nitrogens is 3. The van der Waals surface area contributed by atoms with Gasteiger partial charge in [-0.05, 0) is 62.4 Å². The fourth-order valence-corrected chi connectivity index (χ4v) is 4.14. The monoisotopic (exact) mass is 391 g/mol. The lowest BCUT2D eigenvalue weighted by Crippen LogP contribution is -2.29. The van der Waals surface area contributed by atoms with Crippen molar-refractivity contribution in [3.05, 3.63) is 52.9 Å². The molecule has 29 heavy (non-hydrogen) atoms. The maximum Gasteiger partial charge on any atom is 0.252 e. The molecule has 6 heteroatoms. The number of nitrogens with zero attached hydrogens (tertiary/aromatic N) is 4. The molecular formula is C23H29N5O. The fraction of sp³-hybridized carbons (Fsp3) is 0.435. The van der Waals surface area contributed by atoms with Crippen molar-refractivity contribution in [2.75, 3.05) is 23.3 Å². The van der Waals surface area contributed by atoms with Gasteiger partial charge in [0.25, 0.3) is 5.56 Å². The minimum atomic E-state index is -0.0123. The van der Waals surface area contributed by atoms with Crippen LogP contribution >= 0.6 is 0 Å². The molecule has 4 rings (SSSR count). The summed E-state index contributed by atoms with van der Waals surface area (Å²) >= 11 is 0. The van der Waals surface area contributed by atoms with Gasteiger partial charge in [0, 0.05) is 48.2 Å². The Kier molecular flexibility index (Phi) is 5.79. The molecule has 0 spiro atoms. The SMILES string of the molecule is CCC(CC)n1c(=O)ccc2cnc(Nc3ccc(N4CCCCC4)cc3)nc21. The van der Waals surface area contributed by atoms with Gasteiger partial charge in [-0.1, -0.05) is 13.8 Å². The van der Waals surface area contributed by atoms with Crippen molar-refractivity contribution >= 4 is 28.4 Å². The van der Waals surface area contributed by atoms with Gasteiger partial charge in [0.1, 0.15) is 5.65 Å². The van der Waals surface area contributed by atoms with Gasteiger partial charge in [-0.2, -0.15) is 4.98 Å². The number of hydrogen-bond donors (Lipinski definition) is 1. The molecule has 1 saturated heterocycles. The van der Waals surface area contributed by atoms with Gasteiger partial charge < -0.3 is 10.2 Å². The van der Waals surface area contributed by atoms with E-state index in [1.54, 1.807) is 18.3 Å². The average Bonchev–Trinajstić information content (AvgIpc) is 2.77. The Morgan fingerprint density at radius 3 is 2.41 bits per heavy atom. The van der Waals surface area contributed by atoms with Crippen LogP contribution in [0, 0.1) is 0 Å². The van der Waals surface area contributed by atoms with E-state index in [2.05, 4.69) is 53.3 Å². The lowest BCUT2D eigenvalue weighted by molar-refractivity contribution is 0.470. The summed E-state index contributed by atoms with van der Waals surface area (Å²) in [6, 6.07) is 12.0. The molecule has 0 unspecified atom stereocenters. The van der Waals surface area contributed by atoms with E-state index >= 15 is 0 Å². The standard InChI is InChI=1S/C23H29N5O/c1-3-19(4-2)28-21(29)13-8-17-16-24-23(26-22(17)28)25-18-9-11-20(12-10-18)27-14-6-5-7-15-27/h8-13,16,19H,3-7,14-15H2,1-2H3,(H,24,25,26). The van der Waals surface area contributed by atoms with Crippen LogP contribution in [0.4, 0.5) is 17.3 Å². The molecular weight excluding hydrogens is 362 g/mol. The zero-order chi connectivity index (χ0) is 20.2. The number of pyridine rings is 1. The minimum Gasteiger partial charge on any atom is -0.372 e. The first kappa shape index (κ1) is 19.4. The first-order chi connectivity index (χ1) is 14.2. The predicted octanol–water partition coefficient (Wildman–Crippen LogP) is 4.89. The minimum absolute atomic E-state index is 0.0123. The molecule has 1 aliphatic heterocycles. The van der Waals surface area contributed by atoms with Crippen molar-refractivity contribution in [3.8, 4) is 0 Å². The second-order valence-corrected chi connectivity index (χ2v) is 7.70. The van der Waals surface area contributed by atoms with Gasteiger partial charge in [-0.15, -0.1) is 0 Å². The molecule has 2 aromatic heterocycles. The van der Waals surface area contributed by atoms with Crippen LogP contribution in [-0.4, -0.2) is 27.6 Å². The number of benzene rings is 1. The van der Waals surface area contributed by atoms with E-state index in [0.29, 0.717) is 11.6 Å². The molecule has 0 saturated carbocycles. The van der Waals surface area contributed by atoms with Gasteiger partial charge in [-0.25, -0.2) is 4.98 Å². The van der Waals surface area contributed by atoms with Crippen LogP contribution in [0.3, 0.4) is 0 Å². The van der Waals surface area contributed by atoms with Crippen LogP contribution in [-0.2, 0) is 0 Å². The average molecular weight is 392 g/mol. The van der Waals surface area contributed by atoms with E-state index in [1.807, 2.05) is 4.57 Å². The number of fused-ring (bicyclic) bond motifs is 1. The van der Waals surface area contributed by atoms with Crippen molar-refractivity contribution in [3.63, 3.8) is 0 Å². The normalized spacial score (nSPS) is 14.5. The molecule has 0 bridgehead atoms. The Balaban J connectivity index is 1.61. The molecule has 0 aliphatic carbocycles. The zero-order valence-electron chi connectivity index (χ0n) is 17.3. The number of rotatable bonds is 6. The number of hydrogen-bond acceptors (Lipinski definition) is 5. The molecule has 1 aromatic carbocycles. The molecule has 3 heterocycles. The smallest absolute Gasteiger partial charge is 0.252 e. The third-order valence-corrected chi connectivity index (χ3v) is 5.82. The van der Waals surface area contributed by atoms with Gasteiger partial charge in [0.05, 0.1) is 0 Å². The quantitative estimate of drug-likeness (QED) is 0.648. The van der Waals surface area contributed by atoms with Crippen LogP contribution in [0.2, 0.25) is 0 Å². The summed E-state index contributed by atoms with van der Waals surface area (Å²) < 4.78 is 1.81. The van der Waals surface area contributed by atoms with Gasteiger partial charge >= 0.3 is 0 Å². The first-order valence-corrected chi connectivity index (χ1v) is 10.7. The summed E-state index contributed by atoms with van der Waals surface area (Å²) in [5.41, 5.74) is 2.88. The maximum absolute atomic E-state index is 12.5. The molecule has 0 atom stereocenters. The topological polar surface area (TPSA) is 63.1 Å². The van der Waals surface area contributed by atoms with Crippen LogP contribution in [0.15, 0.2) is 47.4 Å². The third-order valence-electron chi connectivity index (χ3n) is 5.82. The molecule has 0 amide bonds. The molecule has 152 valence electrons. The van der Waals surface area contributed by atoms with Crippen molar-refractivity contribution in [2.24, 2.45) is 0 Å². The second-order valence-electron chi connectivity index (χ2n) is 7.70. The highest BCUT2D eigenvalue weighted by atomic mass is 16.1. The van der Waals surface area contributed by atoms with Gasteiger partial charge in [-0.3, -0.25) is 9.36 Å². The molecule has 1 fully saturated rings. The Morgan fingerprint density at radius 2 is 1.72 bits per heavy atom. The van der Waals surface area contributed by atoms with Crippen molar-refractivity contribution in [1.29, 1.82) is 0 Å². The molecule has 3 aromatic rings. The number of piperidine rings is 1. The van der Waals surface area contributed by atoms with E-state index in [4.69, 9.17) is 4.98 Å². The first-order valence-electron chi connectivity index (χ1n) is 10.7. The van der Waals surface area contributed by atoms with E-state index in [1.165, 1.54) is 24.9 Å². The summed E-state index contributed by atoms with van der Waals surface area (Å²) in [4.78, 5) is 24.1. The van der Waals surface area contributed by atoms with Crippen LogP contribution in [0.25, 0.3) is 11.0 Å². The van der Waals surface area contributed by atoms with Gasteiger partial charge in [0.2, 0.25) is 5.95 Å². The third kappa shape index (κ3) is 4.11. The highest BCUT2D eigenvalue weighted by Crippen LogP contribution is 2.24. The molecule has 1 aliphatic rings. The summed E-state index contributed by atoms with van der Waals surface area (Å²) in [6.07, 6.45) is 7.43. The van der Waals surface area contributed by atoms with E-state index in [9.17, 15) is 4.79 Å². The van der Waals surface area contributed by atoms with Crippen molar-refractivity contribution in [1.82, 2.24) is 14.5 Å². The van der Waals surface area contributed by atoms with E-state index in [-0.39, 0.29) is 11.6 Å². The highest BCUT2D eigenvalue weighted by molar-refractivity contribution is 5.76. The second kappa shape index (κ2) is 8.64. The van der Waals surface area contributed by atoms with E-state index < -0.39 is 0 Å². The molecule has 1 N–H and O–H groups in total. The summed E-state index contributed by atoms with van der Waals surface area (Å²) in [6.45, 7) is 6.47. The lowest BCUT2D eigenvalue weighted by Gasteiger charge is -2.28. The van der Waals surface area contributed by atoms with E-state index in [0.717, 1.165) is 37.0 Å². The zero-order valence-corrected chi connectivity index (χ0v) is 17.3. The van der Waals surface area contributed by atoms with Crippen LogP contribution < -0.4 is 15.8 Å². The summed E-state index contributed by atoms with van der Waals surface area (Å²) in [7, 11) is 0. The van der Waals surface area contributed by atoms with Crippen molar-refractivity contribution in [2.45, 2.75) is 52.0 Å². The molecule has 0 radical (unpaired) electrons. The van der Waals surface area contributed by atoms with Crippen molar-refractivity contribution < 1.29 is 0 Å². The Labute approximate surface area is 171 Å². The maximum atomic E-state index is 12.5. The van der Waals surface area contributed by atoms with Gasteiger partial charge in [0.15, 0.2) is 0 Å². The lowest BCUT2D eigenvalue weighted by atomic mass is 10.1. The Bertz CT molecular complexity index is 1020. The number of anilines is 3. The largest absolute Gasteiger partial charge is 0.372 e. The predicted molar refractivity (Wildman–Crippen MR) is 119 cm³/mol. The van der Waals surface area contributed by atoms with Crippen LogP contribution in [0.1, 0.15) is 52.0 Å². The highest BCUT2D eigenvalue weighted by Gasteiger charge is 2.14. The molecule has 6 nitrogen and oxygen atoms in total. The summed E-state index contributed by atoms with van der Waals surface area (Å²) in [5.74, 6) is 0.508. The Hall–Kier alpha value is -2.89. The fourth-order valence-electron chi connectivity index (χ4n) is 4.14. The van der Waals surface area contributed by atoms with Crippen LogP contribution in [0.5, 0.6) is 0 Å².